The lowest BCUT2D eigenvalue weighted by atomic mass is 10.0. The number of hydrogen-bond acceptors (Lipinski definition) is 4. The second-order valence-electron chi connectivity index (χ2n) is 5.86. The molecule has 5 nitrogen and oxygen atoms in total. The number of Topliss-reactive ketones (excluding diaryl/α,β-unsaturated/α-hetero) is 1. The summed E-state index contributed by atoms with van der Waals surface area (Å²) in [5, 5.41) is 5.19. The van der Waals surface area contributed by atoms with E-state index in [4.69, 9.17) is 10.7 Å². The first kappa shape index (κ1) is 14.8. The van der Waals surface area contributed by atoms with Gasteiger partial charge >= 0.3 is 0 Å². The van der Waals surface area contributed by atoms with Crippen LogP contribution in [-0.2, 0) is 13.0 Å². The predicted molar refractivity (Wildman–Crippen MR) is 87.8 cm³/mol. The normalized spacial score (nSPS) is 17.7. The van der Waals surface area contributed by atoms with Crippen molar-refractivity contribution in [1.29, 1.82) is 0 Å². The highest BCUT2D eigenvalue weighted by Gasteiger charge is 2.33. The molecule has 0 aliphatic heterocycles. The van der Waals surface area contributed by atoms with Crippen molar-refractivity contribution in [3.8, 4) is 0 Å². The minimum atomic E-state index is -0.122. The smallest absolute Gasteiger partial charge is 0.174 e. The average molecular weight is 298 g/mol. The maximum atomic E-state index is 12.5. The minimum Gasteiger partial charge on any atom is -0.397 e. The van der Waals surface area contributed by atoms with Crippen molar-refractivity contribution in [3.63, 3.8) is 0 Å². The van der Waals surface area contributed by atoms with Gasteiger partial charge in [0.15, 0.2) is 11.4 Å². The molecule has 3 rings (SSSR count). The van der Waals surface area contributed by atoms with Crippen molar-refractivity contribution in [2.45, 2.75) is 46.1 Å². The van der Waals surface area contributed by atoms with Crippen LogP contribution in [0.3, 0.4) is 0 Å². The van der Waals surface area contributed by atoms with Crippen LogP contribution in [0.5, 0.6) is 0 Å². The van der Waals surface area contributed by atoms with Crippen LogP contribution in [0.4, 0.5) is 5.69 Å². The van der Waals surface area contributed by atoms with E-state index < -0.39 is 0 Å². The molecule has 1 aliphatic rings. The summed E-state index contributed by atoms with van der Waals surface area (Å²) in [7, 11) is 0. The fourth-order valence-electron chi connectivity index (χ4n) is 3.13. The van der Waals surface area contributed by atoms with Gasteiger partial charge < -0.3 is 5.73 Å². The van der Waals surface area contributed by atoms with Gasteiger partial charge in [0.05, 0.1) is 28.5 Å². The molecule has 0 amide bonds. The number of nitrogens with two attached hydrogens (primary N) is 1. The SMILES string of the molecule is C/C=C/C1Cc2nc3c(cnn3CCCCC)c(N)c2C1=O. The first-order chi connectivity index (χ1) is 10.7. The predicted octanol–water partition coefficient (Wildman–Crippen LogP) is 3.13. The molecule has 2 aromatic rings. The first-order valence-electron chi connectivity index (χ1n) is 7.98. The van der Waals surface area contributed by atoms with Gasteiger partial charge in [-0.2, -0.15) is 5.10 Å². The number of rotatable bonds is 5. The van der Waals surface area contributed by atoms with E-state index in [0.29, 0.717) is 17.7 Å². The van der Waals surface area contributed by atoms with Crippen LogP contribution in [0.15, 0.2) is 18.3 Å². The molecule has 2 heterocycles. The maximum Gasteiger partial charge on any atom is 0.174 e. The van der Waals surface area contributed by atoms with Crippen LogP contribution in [0, 0.1) is 5.92 Å². The quantitative estimate of drug-likeness (QED) is 0.680. The van der Waals surface area contributed by atoms with Gasteiger partial charge in [-0.3, -0.25) is 4.79 Å². The second kappa shape index (κ2) is 5.91. The van der Waals surface area contributed by atoms with E-state index in [1.807, 2.05) is 23.8 Å². The molecule has 0 saturated carbocycles. The summed E-state index contributed by atoms with van der Waals surface area (Å²) in [6, 6.07) is 0. The lowest BCUT2D eigenvalue weighted by molar-refractivity contribution is 0.0961. The highest BCUT2D eigenvalue weighted by molar-refractivity contribution is 6.11. The number of ketones is 1. The van der Waals surface area contributed by atoms with Crippen LogP contribution >= 0.6 is 0 Å². The minimum absolute atomic E-state index is 0.0822. The number of carbonyl (C=O) groups is 1. The number of allylic oxidation sites excluding steroid dienone is 2. The Balaban J connectivity index is 2.02. The molecule has 0 radical (unpaired) electrons. The highest BCUT2D eigenvalue weighted by atomic mass is 16.1. The number of nitrogen functional groups attached to an aromatic ring is 1. The van der Waals surface area contributed by atoms with Gasteiger partial charge in [-0.15, -0.1) is 0 Å². The van der Waals surface area contributed by atoms with E-state index in [9.17, 15) is 4.79 Å². The lowest BCUT2D eigenvalue weighted by Gasteiger charge is -2.06. The molecule has 1 unspecified atom stereocenters. The summed E-state index contributed by atoms with van der Waals surface area (Å²) in [6.07, 6.45) is 9.64. The summed E-state index contributed by atoms with van der Waals surface area (Å²) in [4.78, 5) is 17.2. The van der Waals surface area contributed by atoms with Gasteiger partial charge in [0, 0.05) is 18.9 Å². The first-order valence-corrected chi connectivity index (χ1v) is 7.98. The number of nitrogens with zero attached hydrogens (tertiary/aromatic N) is 3. The Kier molecular flexibility index (Phi) is 3.96. The molecule has 5 heteroatoms. The highest BCUT2D eigenvalue weighted by Crippen LogP contribution is 2.34. The van der Waals surface area contributed by atoms with Crippen molar-refractivity contribution in [1.82, 2.24) is 14.8 Å². The monoisotopic (exact) mass is 298 g/mol. The molecule has 2 aromatic heterocycles. The number of fused-ring (bicyclic) bond motifs is 2. The Morgan fingerprint density at radius 1 is 1.45 bits per heavy atom. The van der Waals surface area contributed by atoms with Crippen LogP contribution < -0.4 is 5.73 Å². The molecule has 1 aliphatic carbocycles. The molecular formula is C17H22N4O. The molecule has 0 saturated heterocycles. The van der Waals surface area contributed by atoms with Gasteiger partial charge in [-0.25, -0.2) is 9.67 Å². The standard InChI is InChI=1S/C17H22N4O/c1-3-5-6-8-21-17-12(10-19-21)15(18)14-13(20-17)9-11(7-4-2)16(14)22/h4,7,10-11H,3,5-6,8-9H2,1-2H3,(H2,18,20)/b7-4+. The van der Waals surface area contributed by atoms with Crippen LogP contribution in [0.25, 0.3) is 11.0 Å². The summed E-state index contributed by atoms with van der Waals surface area (Å²) in [5.41, 5.74) is 9.01. The topological polar surface area (TPSA) is 73.8 Å². The van der Waals surface area contributed by atoms with Gasteiger partial charge in [0.25, 0.3) is 0 Å². The molecule has 1 atom stereocenters. The van der Waals surface area contributed by atoms with Gasteiger partial charge in [0.2, 0.25) is 0 Å². The van der Waals surface area contributed by atoms with E-state index in [1.165, 1.54) is 12.8 Å². The van der Waals surface area contributed by atoms with Crippen LogP contribution in [0.1, 0.15) is 49.2 Å². The van der Waals surface area contributed by atoms with Gasteiger partial charge in [0.1, 0.15) is 0 Å². The Bertz CT molecular complexity index is 745. The Hall–Kier alpha value is -2.17. The molecular weight excluding hydrogens is 276 g/mol. The number of hydrogen-bond donors (Lipinski definition) is 1. The third-order valence-corrected chi connectivity index (χ3v) is 4.30. The van der Waals surface area contributed by atoms with Gasteiger partial charge in [-0.1, -0.05) is 31.9 Å². The lowest BCUT2D eigenvalue weighted by Crippen LogP contribution is -2.08. The third-order valence-electron chi connectivity index (χ3n) is 4.30. The molecule has 0 bridgehead atoms. The summed E-state index contributed by atoms with van der Waals surface area (Å²) >= 11 is 0. The molecule has 0 aromatic carbocycles. The Labute approximate surface area is 130 Å². The van der Waals surface area contributed by atoms with E-state index in [1.54, 1.807) is 6.20 Å². The molecule has 2 N–H and O–H groups in total. The van der Waals surface area contributed by atoms with E-state index in [-0.39, 0.29) is 11.7 Å². The largest absolute Gasteiger partial charge is 0.397 e. The van der Waals surface area contributed by atoms with Crippen molar-refractivity contribution in [2.24, 2.45) is 5.92 Å². The number of carbonyl (C=O) groups excluding carboxylic acids is 1. The zero-order valence-electron chi connectivity index (χ0n) is 13.2. The molecule has 116 valence electrons. The van der Waals surface area contributed by atoms with Gasteiger partial charge in [-0.05, 0) is 13.3 Å². The van der Waals surface area contributed by atoms with Crippen LogP contribution in [0.2, 0.25) is 0 Å². The second-order valence-corrected chi connectivity index (χ2v) is 5.86. The Morgan fingerprint density at radius 2 is 2.27 bits per heavy atom. The molecule has 22 heavy (non-hydrogen) atoms. The fourth-order valence-corrected chi connectivity index (χ4v) is 3.13. The molecule has 0 spiro atoms. The summed E-state index contributed by atoms with van der Waals surface area (Å²) in [5.74, 6) is -0.0402. The van der Waals surface area contributed by atoms with E-state index in [2.05, 4.69) is 12.0 Å². The van der Waals surface area contributed by atoms with E-state index >= 15 is 0 Å². The number of anilines is 1. The fraction of sp³-hybridized carbons (Fsp3) is 0.471. The zero-order chi connectivity index (χ0) is 15.7. The van der Waals surface area contributed by atoms with E-state index in [0.717, 1.165) is 29.7 Å². The van der Waals surface area contributed by atoms with Crippen molar-refractivity contribution < 1.29 is 4.79 Å². The summed E-state index contributed by atoms with van der Waals surface area (Å²) in [6.45, 7) is 4.95. The number of aromatic nitrogens is 3. The molecule has 0 fully saturated rings. The third kappa shape index (κ3) is 2.30. The zero-order valence-corrected chi connectivity index (χ0v) is 13.2. The van der Waals surface area contributed by atoms with Crippen molar-refractivity contribution >= 4 is 22.5 Å². The number of aryl methyl sites for hydroxylation is 1. The van der Waals surface area contributed by atoms with Crippen molar-refractivity contribution in [2.75, 3.05) is 5.73 Å². The maximum absolute atomic E-state index is 12.5. The van der Waals surface area contributed by atoms with Crippen LogP contribution in [-0.4, -0.2) is 20.5 Å². The number of pyridine rings is 1. The average Bonchev–Trinajstić information content (AvgIpc) is 3.03. The summed E-state index contributed by atoms with van der Waals surface area (Å²) < 4.78 is 1.91. The van der Waals surface area contributed by atoms with Crippen molar-refractivity contribution in [3.05, 3.63) is 29.6 Å². The number of unbranched alkanes of at least 4 members (excludes halogenated alkanes) is 2. The Morgan fingerprint density at radius 3 is 3.00 bits per heavy atom.